The molecule has 7 heteroatoms. The lowest BCUT2D eigenvalue weighted by atomic mass is 9.95. The Bertz CT molecular complexity index is 966. The molecule has 3 aliphatic heterocycles. The second-order valence-electron chi connectivity index (χ2n) is 9.01. The molecule has 178 valence electrons. The minimum absolute atomic E-state index is 0.291. The molecule has 3 heterocycles. The number of nitrogens with zero attached hydrogens (tertiary/aromatic N) is 2. The molecule has 1 fully saturated rings. The average Bonchev–Trinajstić information content (AvgIpc) is 3.33. The van der Waals surface area contributed by atoms with Gasteiger partial charge in [-0.3, -0.25) is 4.90 Å². The van der Waals surface area contributed by atoms with Crippen LogP contribution in [0.3, 0.4) is 0 Å². The Morgan fingerprint density at radius 2 is 1.79 bits per heavy atom. The monoisotopic (exact) mass is 454 g/mol. The molecule has 0 aliphatic carbocycles. The normalized spacial score (nSPS) is 20.4. The number of fused-ring (bicyclic) bond motifs is 2. The zero-order valence-corrected chi connectivity index (χ0v) is 19.7. The van der Waals surface area contributed by atoms with Crippen LogP contribution in [0.2, 0.25) is 0 Å². The largest absolute Gasteiger partial charge is 0.493 e. The van der Waals surface area contributed by atoms with Crippen molar-refractivity contribution >= 4 is 0 Å². The van der Waals surface area contributed by atoms with E-state index >= 15 is 0 Å². The molecule has 0 spiro atoms. The van der Waals surface area contributed by atoms with Crippen molar-refractivity contribution in [2.75, 3.05) is 53.8 Å². The van der Waals surface area contributed by atoms with Crippen molar-refractivity contribution in [2.45, 2.75) is 38.3 Å². The summed E-state index contributed by atoms with van der Waals surface area (Å²) in [4.78, 5) is 5.25. The first kappa shape index (κ1) is 22.2. The van der Waals surface area contributed by atoms with Crippen molar-refractivity contribution in [3.63, 3.8) is 0 Å². The zero-order valence-electron chi connectivity index (χ0n) is 19.7. The van der Waals surface area contributed by atoms with E-state index in [1.807, 2.05) is 18.2 Å². The van der Waals surface area contributed by atoms with Gasteiger partial charge in [-0.1, -0.05) is 0 Å². The second-order valence-corrected chi connectivity index (χ2v) is 9.01. The molecule has 0 unspecified atom stereocenters. The van der Waals surface area contributed by atoms with Gasteiger partial charge >= 0.3 is 0 Å². The van der Waals surface area contributed by atoms with Crippen LogP contribution in [0, 0.1) is 0 Å². The Hall–Kier alpha value is -2.64. The van der Waals surface area contributed by atoms with E-state index in [0.29, 0.717) is 19.4 Å². The lowest BCUT2D eigenvalue weighted by Gasteiger charge is -2.41. The molecule has 2 aromatic carbocycles. The van der Waals surface area contributed by atoms with Gasteiger partial charge in [-0.15, -0.1) is 0 Å². The van der Waals surface area contributed by atoms with Crippen LogP contribution in [0.25, 0.3) is 0 Å². The Morgan fingerprint density at radius 1 is 0.970 bits per heavy atom. The van der Waals surface area contributed by atoms with Gasteiger partial charge in [0.05, 0.1) is 20.8 Å². The molecule has 33 heavy (non-hydrogen) atoms. The van der Waals surface area contributed by atoms with Crippen LogP contribution in [0.1, 0.15) is 30.4 Å². The van der Waals surface area contributed by atoms with Crippen molar-refractivity contribution in [1.29, 1.82) is 0 Å². The summed E-state index contributed by atoms with van der Waals surface area (Å²) in [6, 6.07) is 10.7. The van der Waals surface area contributed by atoms with Gasteiger partial charge in [0.1, 0.15) is 5.75 Å². The van der Waals surface area contributed by atoms with Crippen LogP contribution in [0.15, 0.2) is 30.3 Å². The van der Waals surface area contributed by atoms with Crippen LogP contribution in [-0.2, 0) is 13.0 Å². The molecule has 2 aromatic rings. The Morgan fingerprint density at radius 3 is 2.64 bits per heavy atom. The van der Waals surface area contributed by atoms with Gasteiger partial charge in [0.2, 0.25) is 6.79 Å². The van der Waals surface area contributed by atoms with Crippen LogP contribution in [0.4, 0.5) is 0 Å². The summed E-state index contributed by atoms with van der Waals surface area (Å²) in [6.45, 7) is 6.47. The van der Waals surface area contributed by atoms with E-state index in [2.05, 4.69) is 21.9 Å². The van der Waals surface area contributed by atoms with E-state index in [0.717, 1.165) is 67.8 Å². The molecule has 0 bridgehead atoms. The van der Waals surface area contributed by atoms with Crippen LogP contribution in [0.5, 0.6) is 28.7 Å². The SMILES string of the molecule is COc1cc2c(cc1OC)CN([C@@H]1CCCN(CCCOc3ccc4c(c3)OCO4)C1)CC2. The first-order valence-electron chi connectivity index (χ1n) is 12.0. The maximum Gasteiger partial charge on any atom is 0.231 e. The average molecular weight is 455 g/mol. The van der Waals surface area contributed by atoms with Gasteiger partial charge in [-0.2, -0.15) is 0 Å². The molecule has 0 radical (unpaired) electrons. The summed E-state index contributed by atoms with van der Waals surface area (Å²) >= 11 is 0. The molecule has 0 amide bonds. The number of ether oxygens (including phenoxy) is 5. The molecule has 0 saturated carbocycles. The number of piperidine rings is 1. The predicted molar refractivity (Wildman–Crippen MR) is 126 cm³/mol. The number of rotatable bonds is 8. The van der Waals surface area contributed by atoms with E-state index in [4.69, 9.17) is 23.7 Å². The fourth-order valence-electron chi connectivity index (χ4n) is 5.19. The maximum atomic E-state index is 5.95. The van der Waals surface area contributed by atoms with Gasteiger partial charge in [0.15, 0.2) is 23.0 Å². The molecule has 7 nitrogen and oxygen atoms in total. The highest BCUT2D eigenvalue weighted by atomic mass is 16.7. The fourth-order valence-corrected chi connectivity index (χ4v) is 5.19. The Labute approximate surface area is 196 Å². The predicted octanol–water partition coefficient (Wildman–Crippen LogP) is 3.72. The summed E-state index contributed by atoms with van der Waals surface area (Å²) in [5.74, 6) is 4.06. The van der Waals surface area contributed by atoms with Gasteiger partial charge < -0.3 is 28.6 Å². The smallest absolute Gasteiger partial charge is 0.231 e. The van der Waals surface area contributed by atoms with Crippen molar-refractivity contribution in [3.8, 4) is 28.7 Å². The highest BCUT2D eigenvalue weighted by Crippen LogP contribution is 2.36. The minimum atomic E-state index is 0.291. The topological polar surface area (TPSA) is 52.6 Å². The standard InChI is InChI=1S/C26H34N2O5/c1-29-24-13-19-8-11-28(16-20(19)14-25(24)30-2)21-5-3-9-27(17-21)10-4-12-31-22-6-7-23-26(15-22)33-18-32-23/h6-7,13-15,21H,3-5,8-12,16-18H2,1-2H3/t21-/m1/s1. The summed E-state index contributed by atoms with van der Waals surface area (Å²) in [5.41, 5.74) is 2.75. The third-order valence-corrected chi connectivity index (χ3v) is 6.98. The van der Waals surface area contributed by atoms with Gasteiger partial charge in [-0.05, 0) is 67.6 Å². The number of hydrogen-bond acceptors (Lipinski definition) is 7. The van der Waals surface area contributed by atoms with Crippen molar-refractivity contribution in [2.24, 2.45) is 0 Å². The van der Waals surface area contributed by atoms with Gasteiger partial charge in [0, 0.05) is 38.3 Å². The second kappa shape index (κ2) is 10.1. The van der Waals surface area contributed by atoms with Crippen LogP contribution < -0.4 is 23.7 Å². The molecule has 0 N–H and O–H groups in total. The molecule has 1 saturated heterocycles. The quantitative estimate of drug-likeness (QED) is 0.564. The van der Waals surface area contributed by atoms with Crippen molar-refractivity contribution in [3.05, 3.63) is 41.5 Å². The van der Waals surface area contributed by atoms with E-state index in [1.165, 1.54) is 30.5 Å². The number of likely N-dealkylation sites (tertiary alicyclic amines) is 1. The Kier molecular flexibility index (Phi) is 6.78. The number of hydrogen-bond donors (Lipinski definition) is 0. The molecule has 1 atom stereocenters. The maximum absolute atomic E-state index is 5.95. The summed E-state index contributed by atoms with van der Waals surface area (Å²) in [7, 11) is 3.41. The van der Waals surface area contributed by atoms with E-state index in [1.54, 1.807) is 14.2 Å². The molecule has 5 rings (SSSR count). The molecule has 0 aromatic heterocycles. The number of benzene rings is 2. The third-order valence-electron chi connectivity index (χ3n) is 6.98. The van der Waals surface area contributed by atoms with E-state index < -0.39 is 0 Å². The van der Waals surface area contributed by atoms with Crippen LogP contribution >= 0.6 is 0 Å². The fraction of sp³-hybridized carbons (Fsp3) is 0.538. The third kappa shape index (κ3) is 4.99. The summed E-state index contributed by atoms with van der Waals surface area (Å²) in [5, 5.41) is 0. The first-order chi connectivity index (χ1) is 16.2. The van der Waals surface area contributed by atoms with Gasteiger partial charge in [0.25, 0.3) is 0 Å². The van der Waals surface area contributed by atoms with Gasteiger partial charge in [-0.25, -0.2) is 0 Å². The summed E-state index contributed by atoms with van der Waals surface area (Å²) in [6.07, 6.45) is 4.60. The van der Waals surface area contributed by atoms with Crippen molar-refractivity contribution < 1.29 is 23.7 Å². The zero-order chi connectivity index (χ0) is 22.6. The molecular formula is C26H34N2O5. The van der Waals surface area contributed by atoms with Crippen LogP contribution in [-0.4, -0.2) is 69.6 Å². The van der Waals surface area contributed by atoms with E-state index in [-0.39, 0.29) is 0 Å². The first-order valence-corrected chi connectivity index (χ1v) is 12.0. The lowest BCUT2D eigenvalue weighted by Crippen LogP contribution is -2.49. The summed E-state index contributed by atoms with van der Waals surface area (Å²) < 4.78 is 27.8. The number of methoxy groups -OCH3 is 2. The highest BCUT2D eigenvalue weighted by molar-refractivity contribution is 5.48. The molecule has 3 aliphatic rings. The minimum Gasteiger partial charge on any atom is -0.493 e. The Balaban J connectivity index is 1.11. The highest BCUT2D eigenvalue weighted by Gasteiger charge is 2.28. The molecular weight excluding hydrogens is 420 g/mol. The van der Waals surface area contributed by atoms with Crippen molar-refractivity contribution in [1.82, 2.24) is 9.80 Å². The van der Waals surface area contributed by atoms with E-state index in [9.17, 15) is 0 Å². The lowest BCUT2D eigenvalue weighted by molar-refractivity contribution is 0.0844.